The molecule has 1 unspecified atom stereocenters. The molecule has 0 amide bonds. The Morgan fingerprint density at radius 3 is 2.50 bits per heavy atom. The van der Waals surface area contributed by atoms with E-state index in [9.17, 15) is 0 Å². The fourth-order valence-electron chi connectivity index (χ4n) is 1.78. The Labute approximate surface area is 124 Å². The summed E-state index contributed by atoms with van der Waals surface area (Å²) in [5.74, 6) is 0.896. The van der Waals surface area contributed by atoms with Crippen LogP contribution in [0.15, 0.2) is 53.0 Å². The van der Waals surface area contributed by atoms with Crippen LogP contribution in [-0.4, -0.2) is 7.11 Å². The minimum Gasteiger partial charge on any atom is -0.497 e. The first kappa shape index (κ1) is 13.6. The molecule has 2 rings (SSSR count). The van der Waals surface area contributed by atoms with E-state index >= 15 is 0 Å². The Balaban J connectivity index is 2.11. The first-order chi connectivity index (χ1) is 8.69. The summed E-state index contributed by atoms with van der Waals surface area (Å²) in [6.07, 6.45) is 0.959. The zero-order valence-corrected chi connectivity index (χ0v) is 13.2. The molecule has 0 N–H and O–H groups in total. The average molecular weight is 370 g/mol. The fraction of sp³-hybridized carbons (Fsp3) is 0.200. The summed E-state index contributed by atoms with van der Waals surface area (Å²) in [5.41, 5.74) is 2.54. The van der Waals surface area contributed by atoms with E-state index in [1.807, 2.05) is 12.1 Å². The number of ether oxygens (including phenoxy) is 1. The van der Waals surface area contributed by atoms with Gasteiger partial charge in [-0.2, -0.15) is 0 Å². The first-order valence-electron chi connectivity index (χ1n) is 5.71. The van der Waals surface area contributed by atoms with Crippen molar-refractivity contribution in [1.29, 1.82) is 0 Å². The van der Waals surface area contributed by atoms with Crippen molar-refractivity contribution in [1.82, 2.24) is 0 Å². The minimum atomic E-state index is 0.300. The molecule has 0 aliphatic rings. The lowest BCUT2D eigenvalue weighted by atomic mass is 10.0. The van der Waals surface area contributed by atoms with E-state index in [0.717, 1.165) is 16.6 Å². The molecule has 1 nitrogen and oxygen atoms in total. The van der Waals surface area contributed by atoms with Crippen molar-refractivity contribution in [2.45, 2.75) is 11.2 Å². The van der Waals surface area contributed by atoms with Gasteiger partial charge < -0.3 is 4.74 Å². The lowest BCUT2D eigenvalue weighted by Gasteiger charge is -2.11. The number of halogens is 2. The van der Waals surface area contributed by atoms with Gasteiger partial charge in [0.1, 0.15) is 5.75 Å². The topological polar surface area (TPSA) is 9.23 Å². The monoisotopic (exact) mass is 368 g/mol. The number of benzene rings is 2. The number of methoxy groups -OCH3 is 1. The molecule has 0 fully saturated rings. The van der Waals surface area contributed by atoms with E-state index in [0.29, 0.717) is 4.83 Å². The highest BCUT2D eigenvalue weighted by molar-refractivity contribution is 9.10. The predicted molar refractivity (Wildman–Crippen MR) is 82.5 cm³/mol. The second-order valence-corrected chi connectivity index (χ2v) is 6.10. The van der Waals surface area contributed by atoms with Crippen molar-refractivity contribution in [3.05, 3.63) is 64.1 Å². The fourth-order valence-corrected chi connectivity index (χ4v) is 2.70. The Morgan fingerprint density at radius 1 is 1.11 bits per heavy atom. The summed E-state index contributed by atoms with van der Waals surface area (Å²) in [6, 6.07) is 16.6. The Hall–Kier alpha value is -0.800. The van der Waals surface area contributed by atoms with Crippen molar-refractivity contribution in [2.75, 3.05) is 7.11 Å². The van der Waals surface area contributed by atoms with Crippen molar-refractivity contribution >= 4 is 31.9 Å². The smallest absolute Gasteiger partial charge is 0.119 e. The molecule has 0 aliphatic heterocycles. The third-order valence-electron chi connectivity index (χ3n) is 2.78. The van der Waals surface area contributed by atoms with Crippen LogP contribution in [0.5, 0.6) is 5.75 Å². The normalized spacial score (nSPS) is 12.2. The van der Waals surface area contributed by atoms with Crippen LogP contribution in [0.1, 0.15) is 16.0 Å². The molecule has 0 radical (unpaired) electrons. The molecular weight excluding hydrogens is 356 g/mol. The summed E-state index contributed by atoms with van der Waals surface area (Å²) in [4.78, 5) is 0.300. The molecule has 0 aromatic heterocycles. The number of hydrogen-bond acceptors (Lipinski definition) is 1. The maximum absolute atomic E-state index is 5.24. The van der Waals surface area contributed by atoms with Gasteiger partial charge in [0.25, 0.3) is 0 Å². The van der Waals surface area contributed by atoms with E-state index in [4.69, 9.17) is 4.74 Å². The molecule has 3 heteroatoms. The molecule has 2 aromatic rings. The highest BCUT2D eigenvalue weighted by Gasteiger charge is 2.09. The van der Waals surface area contributed by atoms with E-state index in [2.05, 4.69) is 68.3 Å². The third-order valence-corrected chi connectivity index (χ3v) is 4.16. The van der Waals surface area contributed by atoms with Crippen LogP contribution >= 0.6 is 31.9 Å². The van der Waals surface area contributed by atoms with E-state index in [-0.39, 0.29) is 0 Å². The summed E-state index contributed by atoms with van der Waals surface area (Å²) >= 11 is 7.18. The van der Waals surface area contributed by atoms with Gasteiger partial charge in [0.2, 0.25) is 0 Å². The van der Waals surface area contributed by atoms with Gasteiger partial charge in [-0.15, -0.1) is 0 Å². The quantitative estimate of drug-likeness (QED) is 0.678. The Morgan fingerprint density at radius 2 is 1.83 bits per heavy atom. The van der Waals surface area contributed by atoms with Gasteiger partial charge in [-0.1, -0.05) is 56.1 Å². The SMILES string of the molecule is COc1cccc(C(Br)Cc2ccc(Br)cc2)c1. The number of hydrogen-bond donors (Lipinski definition) is 0. The highest BCUT2D eigenvalue weighted by atomic mass is 79.9. The zero-order chi connectivity index (χ0) is 13.0. The number of rotatable bonds is 4. The lowest BCUT2D eigenvalue weighted by Crippen LogP contribution is -1.96. The largest absolute Gasteiger partial charge is 0.497 e. The van der Waals surface area contributed by atoms with Gasteiger partial charge in [0.05, 0.1) is 7.11 Å². The van der Waals surface area contributed by atoms with Crippen molar-refractivity contribution in [2.24, 2.45) is 0 Å². The van der Waals surface area contributed by atoms with Crippen molar-refractivity contribution in [3.63, 3.8) is 0 Å². The summed E-state index contributed by atoms with van der Waals surface area (Å²) < 4.78 is 6.35. The Bertz CT molecular complexity index is 508. The van der Waals surface area contributed by atoms with E-state index in [1.165, 1.54) is 11.1 Å². The molecule has 0 aliphatic carbocycles. The third kappa shape index (κ3) is 3.59. The van der Waals surface area contributed by atoms with Crippen LogP contribution in [0.4, 0.5) is 0 Å². The molecule has 0 bridgehead atoms. The summed E-state index contributed by atoms with van der Waals surface area (Å²) in [6.45, 7) is 0. The standard InChI is InChI=1S/C15H14Br2O/c1-18-14-4-2-3-12(10-14)15(17)9-11-5-7-13(16)8-6-11/h2-8,10,15H,9H2,1H3. The maximum atomic E-state index is 5.24. The van der Waals surface area contributed by atoms with Gasteiger partial charge in [0, 0.05) is 9.30 Å². The van der Waals surface area contributed by atoms with Gasteiger partial charge in [-0.05, 0) is 41.8 Å². The zero-order valence-electron chi connectivity index (χ0n) is 10.1. The van der Waals surface area contributed by atoms with Crippen LogP contribution in [0.3, 0.4) is 0 Å². The van der Waals surface area contributed by atoms with Crippen molar-refractivity contribution in [3.8, 4) is 5.75 Å². The lowest BCUT2D eigenvalue weighted by molar-refractivity contribution is 0.414. The average Bonchev–Trinajstić information content (AvgIpc) is 2.41. The minimum absolute atomic E-state index is 0.300. The molecule has 94 valence electrons. The number of alkyl halides is 1. The molecule has 0 spiro atoms. The van der Waals surface area contributed by atoms with E-state index in [1.54, 1.807) is 7.11 Å². The van der Waals surface area contributed by atoms with Gasteiger partial charge >= 0.3 is 0 Å². The first-order valence-corrected chi connectivity index (χ1v) is 7.42. The maximum Gasteiger partial charge on any atom is 0.119 e. The highest BCUT2D eigenvalue weighted by Crippen LogP contribution is 2.29. The molecule has 18 heavy (non-hydrogen) atoms. The van der Waals surface area contributed by atoms with Crippen LogP contribution in [-0.2, 0) is 6.42 Å². The van der Waals surface area contributed by atoms with Gasteiger partial charge in [0.15, 0.2) is 0 Å². The van der Waals surface area contributed by atoms with Crippen LogP contribution < -0.4 is 4.74 Å². The van der Waals surface area contributed by atoms with Gasteiger partial charge in [-0.3, -0.25) is 0 Å². The summed E-state index contributed by atoms with van der Waals surface area (Å²) in [5, 5.41) is 0. The van der Waals surface area contributed by atoms with Crippen LogP contribution in [0.25, 0.3) is 0 Å². The molecule has 2 aromatic carbocycles. The van der Waals surface area contributed by atoms with Crippen molar-refractivity contribution < 1.29 is 4.74 Å². The Kier molecular flexibility index (Phi) is 4.84. The second-order valence-electron chi connectivity index (χ2n) is 4.07. The van der Waals surface area contributed by atoms with Crippen LogP contribution in [0, 0.1) is 0 Å². The molecule has 1 atom stereocenters. The molecular formula is C15H14Br2O. The summed E-state index contributed by atoms with van der Waals surface area (Å²) in [7, 11) is 1.69. The van der Waals surface area contributed by atoms with Crippen LogP contribution in [0.2, 0.25) is 0 Å². The van der Waals surface area contributed by atoms with E-state index < -0.39 is 0 Å². The molecule has 0 saturated heterocycles. The predicted octanol–water partition coefficient (Wildman–Crippen LogP) is 5.14. The second kappa shape index (κ2) is 6.39. The van der Waals surface area contributed by atoms with Gasteiger partial charge in [-0.25, -0.2) is 0 Å². The molecule has 0 saturated carbocycles. The molecule has 0 heterocycles.